The lowest BCUT2D eigenvalue weighted by Gasteiger charge is -2.27. The Morgan fingerprint density at radius 1 is 1.10 bits per heavy atom. The molecule has 1 N–H and O–H groups in total. The van der Waals surface area contributed by atoms with Crippen LogP contribution in [0.25, 0.3) is 0 Å². The van der Waals surface area contributed by atoms with Gasteiger partial charge >= 0.3 is 0 Å². The van der Waals surface area contributed by atoms with Crippen LogP contribution in [0.5, 0.6) is 11.5 Å². The molecule has 0 aliphatic rings. The third-order valence-electron chi connectivity index (χ3n) is 4.79. The second kappa shape index (κ2) is 10.6. The Hall–Kier alpha value is -3.13. The van der Waals surface area contributed by atoms with E-state index >= 15 is 0 Å². The van der Waals surface area contributed by atoms with Crippen molar-refractivity contribution in [1.29, 1.82) is 0 Å². The molecule has 0 bridgehead atoms. The highest BCUT2D eigenvalue weighted by Gasteiger charge is 2.15. The van der Waals surface area contributed by atoms with Crippen LogP contribution in [0.3, 0.4) is 0 Å². The molecule has 0 spiro atoms. The fourth-order valence-corrected chi connectivity index (χ4v) is 3.38. The van der Waals surface area contributed by atoms with Gasteiger partial charge in [-0.2, -0.15) is 0 Å². The van der Waals surface area contributed by atoms with E-state index < -0.39 is 0 Å². The third kappa shape index (κ3) is 5.48. The zero-order valence-electron chi connectivity index (χ0n) is 17.5. The molecule has 0 saturated carbocycles. The second-order valence-electron chi connectivity index (χ2n) is 6.79. The van der Waals surface area contributed by atoms with Gasteiger partial charge < -0.3 is 24.3 Å². The van der Waals surface area contributed by atoms with E-state index in [1.807, 2.05) is 42.9 Å². The van der Waals surface area contributed by atoms with Gasteiger partial charge in [0.15, 0.2) is 16.6 Å². The van der Waals surface area contributed by atoms with E-state index in [0.29, 0.717) is 23.2 Å². The van der Waals surface area contributed by atoms with E-state index in [-0.39, 0.29) is 0 Å². The number of hydrogen-bond acceptors (Lipinski definition) is 5. The lowest BCUT2D eigenvalue weighted by molar-refractivity contribution is 0.355. The number of aryl methyl sites for hydroxylation is 2. The molecule has 0 saturated heterocycles. The summed E-state index contributed by atoms with van der Waals surface area (Å²) in [7, 11) is 3.25. The summed E-state index contributed by atoms with van der Waals surface area (Å²) in [4.78, 5) is 10.3. The van der Waals surface area contributed by atoms with E-state index in [1.54, 1.807) is 26.6 Å². The molecule has 2 aromatic heterocycles. The first-order chi connectivity index (χ1) is 14.6. The van der Waals surface area contributed by atoms with Crippen LogP contribution in [0.2, 0.25) is 0 Å². The van der Waals surface area contributed by atoms with Crippen molar-refractivity contribution in [3.05, 3.63) is 66.5 Å². The van der Waals surface area contributed by atoms with Crippen molar-refractivity contribution in [2.24, 2.45) is 0 Å². The van der Waals surface area contributed by atoms with Gasteiger partial charge in [0, 0.05) is 49.1 Å². The van der Waals surface area contributed by atoms with Crippen LogP contribution in [0, 0.1) is 6.92 Å². The summed E-state index contributed by atoms with van der Waals surface area (Å²) in [6.07, 6.45) is 8.23. The van der Waals surface area contributed by atoms with Crippen LogP contribution < -0.4 is 19.7 Å². The van der Waals surface area contributed by atoms with Gasteiger partial charge in [-0.05, 0) is 55.4 Å². The highest BCUT2D eigenvalue weighted by Crippen LogP contribution is 2.32. The molecule has 1 aromatic carbocycles. The maximum Gasteiger partial charge on any atom is 0.173 e. The molecule has 3 rings (SSSR count). The normalized spacial score (nSPS) is 10.5. The summed E-state index contributed by atoms with van der Waals surface area (Å²) >= 11 is 5.74. The number of rotatable bonds is 9. The van der Waals surface area contributed by atoms with Crippen LogP contribution in [0.4, 0.5) is 5.69 Å². The number of imidazole rings is 1. The van der Waals surface area contributed by atoms with Gasteiger partial charge in [-0.15, -0.1) is 0 Å². The molecule has 0 aliphatic heterocycles. The smallest absolute Gasteiger partial charge is 0.173 e. The van der Waals surface area contributed by atoms with Gasteiger partial charge in [-0.25, -0.2) is 4.98 Å². The number of methoxy groups -OCH3 is 2. The summed E-state index contributed by atoms with van der Waals surface area (Å²) in [5, 5.41) is 4.04. The van der Waals surface area contributed by atoms with E-state index in [9.17, 15) is 0 Å². The predicted molar refractivity (Wildman–Crippen MR) is 122 cm³/mol. The summed E-state index contributed by atoms with van der Waals surface area (Å²) in [6.45, 7) is 4.32. The van der Waals surface area contributed by atoms with Crippen molar-refractivity contribution in [3.8, 4) is 11.5 Å². The first kappa shape index (κ1) is 21.6. The summed E-state index contributed by atoms with van der Waals surface area (Å²) < 4.78 is 13.0. The molecular weight excluding hydrogens is 398 g/mol. The van der Waals surface area contributed by atoms with Crippen molar-refractivity contribution < 1.29 is 9.47 Å². The minimum absolute atomic E-state index is 0.616. The highest BCUT2D eigenvalue weighted by atomic mass is 32.1. The number of thiocarbonyl (C=S) groups is 1. The summed E-state index contributed by atoms with van der Waals surface area (Å²) in [6, 6.07) is 9.77. The Labute approximate surface area is 182 Å². The molecule has 8 heteroatoms. The van der Waals surface area contributed by atoms with E-state index in [2.05, 4.69) is 31.7 Å². The van der Waals surface area contributed by atoms with Gasteiger partial charge in [-0.3, -0.25) is 4.98 Å². The average Bonchev–Trinajstić information content (AvgIpc) is 3.19. The van der Waals surface area contributed by atoms with E-state index in [1.165, 1.54) is 0 Å². The van der Waals surface area contributed by atoms with Crippen molar-refractivity contribution in [2.45, 2.75) is 26.4 Å². The molecule has 30 heavy (non-hydrogen) atoms. The largest absolute Gasteiger partial charge is 0.493 e. The highest BCUT2D eigenvalue weighted by molar-refractivity contribution is 7.80. The number of pyridine rings is 1. The van der Waals surface area contributed by atoms with Gasteiger partial charge in [0.05, 0.1) is 27.1 Å². The first-order valence-electron chi connectivity index (χ1n) is 9.75. The van der Waals surface area contributed by atoms with E-state index in [0.717, 1.165) is 36.5 Å². The average molecular weight is 426 g/mol. The number of nitrogens with one attached hydrogen (secondary N) is 1. The number of benzene rings is 1. The number of ether oxygens (including phenoxy) is 2. The molecular formula is C22H27N5O2S. The lowest BCUT2D eigenvalue weighted by atomic mass is 10.2. The molecule has 3 aromatic rings. The zero-order chi connectivity index (χ0) is 21.3. The van der Waals surface area contributed by atoms with Crippen molar-refractivity contribution >= 4 is 23.0 Å². The zero-order valence-corrected chi connectivity index (χ0v) is 18.4. The van der Waals surface area contributed by atoms with E-state index in [4.69, 9.17) is 21.7 Å². The van der Waals surface area contributed by atoms with Gasteiger partial charge in [0.2, 0.25) is 0 Å². The lowest BCUT2D eigenvalue weighted by Crippen LogP contribution is -2.40. The minimum Gasteiger partial charge on any atom is -0.493 e. The third-order valence-corrected chi connectivity index (χ3v) is 5.15. The Morgan fingerprint density at radius 3 is 2.53 bits per heavy atom. The van der Waals surface area contributed by atoms with Gasteiger partial charge in [-0.1, -0.05) is 0 Å². The Kier molecular flexibility index (Phi) is 7.62. The predicted octanol–water partition coefficient (Wildman–Crippen LogP) is 3.58. The number of hydrogen-bond donors (Lipinski definition) is 1. The van der Waals surface area contributed by atoms with Crippen LogP contribution >= 0.6 is 12.2 Å². The molecule has 158 valence electrons. The maximum absolute atomic E-state index is 5.74. The molecule has 0 atom stereocenters. The molecule has 0 amide bonds. The summed E-state index contributed by atoms with van der Waals surface area (Å²) in [5.74, 6) is 1.34. The summed E-state index contributed by atoms with van der Waals surface area (Å²) in [5.41, 5.74) is 3.19. The molecule has 0 aliphatic carbocycles. The van der Waals surface area contributed by atoms with Crippen molar-refractivity contribution in [2.75, 3.05) is 25.7 Å². The SMILES string of the molecule is COc1ccc(N(Cc2ccncc2)C(=S)NCCCn2cncc2C)cc1OC. The minimum atomic E-state index is 0.616. The van der Waals surface area contributed by atoms with Crippen molar-refractivity contribution in [3.63, 3.8) is 0 Å². The molecule has 0 unspecified atom stereocenters. The number of anilines is 1. The monoisotopic (exact) mass is 425 g/mol. The van der Waals surface area contributed by atoms with Gasteiger partial charge in [0.25, 0.3) is 0 Å². The molecule has 0 fully saturated rings. The Morgan fingerprint density at radius 2 is 1.87 bits per heavy atom. The number of aromatic nitrogens is 3. The fraction of sp³-hybridized carbons (Fsp3) is 0.318. The maximum atomic E-state index is 5.74. The Balaban J connectivity index is 1.72. The quantitative estimate of drug-likeness (QED) is 0.415. The fourth-order valence-electron chi connectivity index (χ4n) is 3.11. The van der Waals surface area contributed by atoms with Crippen LogP contribution in [0.15, 0.2) is 55.2 Å². The molecule has 2 heterocycles. The first-order valence-corrected chi connectivity index (χ1v) is 10.2. The molecule has 0 radical (unpaired) electrons. The van der Waals surface area contributed by atoms with Crippen molar-refractivity contribution in [1.82, 2.24) is 19.9 Å². The second-order valence-corrected chi connectivity index (χ2v) is 7.18. The van der Waals surface area contributed by atoms with Crippen LogP contribution in [-0.4, -0.2) is 40.4 Å². The topological polar surface area (TPSA) is 64.4 Å². The van der Waals surface area contributed by atoms with Crippen LogP contribution in [-0.2, 0) is 13.1 Å². The number of nitrogens with zero attached hydrogens (tertiary/aromatic N) is 4. The standard InChI is InChI=1S/C22H27N5O2S/c1-17-14-24-16-26(17)12-4-9-25-22(30)27(15-18-7-10-23-11-8-18)19-5-6-20(28-2)21(13-19)29-3/h5-8,10-11,13-14,16H,4,9,12,15H2,1-3H3,(H,25,30). The Bertz CT molecular complexity index is 961. The van der Waals surface area contributed by atoms with Crippen LogP contribution in [0.1, 0.15) is 17.7 Å². The van der Waals surface area contributed by atoms with Gasteiger partial charge in [0.1, 0.15) is 0 Å². The molecule has 7 nitrogen and oxygen atoms in total.